The number of nitro benzene ring substituents is 1. The van der Waals surface area contributed by atoms with E-state index in [1.807, 2.05) is 19.1 Å². The van der Waals surface area contributed by atoms with Gasteiger partial charge in [0.05, 0.1) is 18.1 Å². The van der Waals surface area contributed by atoms with Crippen LogP contribution in [0.1, 0.15) is 16.8 Å². The Balaban J connectivity index is 2.52. The van der Waals surface area contributed by atoms with Gasteiger partial charge in [0, 0.05) is 10.9 Å². The molecule has 0 aliphatic carbocycles. The number of pyridine rings is 1. The topological polar surface area (TPSA) is 65.3 Å². The van der Waals surface area contributed by atoms with Crippen LogP contribution in [0.4, 0.5) is 18.9 Å². The molecule has 0 saturated carbocycles. The van der Waals surface area contributed by atoms with Gasteiger partial charge in [0.25, 0.3) is 5.69 Å². The summed E-state index contributed by atoms with van der Waals surface area (Å²) >= 11 is 0. The lowest BCUT2D eigenvalue weighted by molar-refractivity contribution is -0.383. The van der Waals surface area contributed by atoms with E-state index in [9.17, 15) is 23.3 Å². The molecule has 27 heavy (non-hydrogen) atoms. The van der Waals surface area contributed by atoms with Crippen molar-refractivity contribution in [3.8, 4) is 16.9 Å². The molecule has 1 aromatic heterocycles. The molecule has 0 saturated heterocycles. The quantitative estimate of drug-likeness (QED) is 0.450. The molecule has 2 aromatic carbocycles. The van der Waals surface area contributed by atoms with E-state index >= 15 is 0 Å². The summed E-state index contributed by atoms with van der Waals surface area (Å²) in [6.07, 6.45) is -4.71. The minimum absolute atomic E-state index is 0.199. The van der Waals surface area contributed by atoms with Gasteiger partial charge < -0.3 is 4.74 Å². The van der Waals surface area contributed by atoms with Crippen molar-refractivity contribution in [1.82, 2.24) is 4.98 Å². The Morgan fingerprint density at radius 3 is 2.41 bits per heavy atom. The second-order valence-electron chi connectivity index (χ2n) is 6.15. The highest BCUT2D eigenvalue weighted by molar-refractivity contribution is 6.04. The van der Waals surface area contributed by atoms with Crippen molar-refractivity contribution < 1.29 is 22.8 Å². The minimum Gasteiger partial charge on any atom is -0.496 e. The highest BCUT2D eigenvalue weighted by Gasteiger charge is 2.35. The van der Waals surface area contributed by atoms with Gasteiger partial charge >= 0.3 is 6.18 Å². The predicted molar refractivity (Wildman–Crippen MR) is 94.9 cm³/mol. The normalized spacial score (nSPS) is 11.6. The Labute approximate surface area is 152 Å². The highest BCUT2D eigenvalue weighted by atomic mass is 19.4. The monoisotopic (exact) mass is 376 g/mol. The largest absolute Gasteiger partial charge is 0.496 e. The van der Waals surface area contributed by atoms with Gasteiger partial charge in [0.1, 0.15) is 17.0 Å². The summed E-state index contributed by atoms with van der Waals surface area (Å²) in [6.45, 7) is 3.35. The van der Waals surface area contributed by atoms with Crippen LogP contribution in [0.15, 0.2) is 36.4 Å². The van der Waals surface area contributed by atoms with Crippen LogP contribution in [0.2, 0.25) is 0 Å². The minimum atomic E-state index is -4.71. The van der Waals surface area contributed by atoms with Crippen molar-refractivity contribution in [2.45, 2.75) is 20.0 Å². The van der Waals surface area contributed by atoms with E-state index < -0.39 is 22.5 Å². The maximum Gasteiger partial charge on any atom is 0.433 e. The lowest BCUT2D eigenvalue weighted by Crippen LogP contribution is -2.10. The molecule has 0 aliphatic rings. The first kappa shape index (κ1) is 18.6. The summed E-state index contributed by atoms with van der Waals surface area (Å²) in [5.74, 6) is 0.199. The van der Waals surface area contributed by atoms with Gasteiger partial charge in [0.2, 0.25) is 0 Å². The van der Waals surface area contributed by atoms with Crippen LogP contribution < -0.4 is 4.74 Å². The van der Waals surface area contributed by atoms with Crippen molar-refractivity contribution >= 4 is 16.6 Å². The third kappa shape index (κ3) is 3.30. The first-order valence-electron chi connectivity index (χ1n) is 7.94. The number of non-ortho nitro benzene ring substituents is 1. The summed E-state index contributed by atoms with van der Waals surface area (Å²) in [4.78, 5) is 14.3. The molecule has 1 heterocycles. The zero-order valence-electron chi connectivity index (χ0n) is 14.7. The molecule has 0 bridgehead atoms. The maximum atomic E-state index is 13.2. The predicted octanol–water partition coefficient (Wildman–Crippen LogP) is 5.45. The van der Waals surface area contributed by atoms with Crippen LogP contribution in [0.3, 0.4) is 0 Å². The number of rotatable bonds is 3. The second kappa shape index (κ2) is 6.53. The Morgan fingerprint density at radius 2 is 1.85 bits per heavy atom. The van der Waals surface area contributed by atoms with Gasteiger partial charge in [0.15, 0.2) is 0 Å². The average Bonchev–Trinajstić information content (AvgIpc) is 2.59. The summed E-state index contributed by atoms with van der Waals surface area (Å²) in [7, 11) is 1.36. The molecular formula is C19H15F3N2O3. The Kier molecular flexibility index (Phi) is 4.51. The first-order valence-corrected chi connectivity index (χ1v) is 7.94. The number of nitro groups is 1. The van der Waals surface area contributed by atoms with Gasteiger partial charge in [-0.1, -0.05) is 29.8 Å². The van der Waals surface area contributed by atoms with E-state index in [1.165, 1.54) is 14.0 Å². The molecule has 0 fully saturated rings. The van der Waals surface area contributed by atoms with Crippen molar-refractivity contribution in [2.75, 3.05) is 7.11 Å². The second-order valence-corrected chi connectivity index (χ2v) is 6.15. The number of aryl methyl sites for hydroxylation is 2. The van der Waals surface area contributed by atoms with Crippen molar-refractivity contribution in [1.29, 1.82) is 0 Å². The summed E-state index contributed by atoms with van der Waals surface area (Å²) in [5.41, 5.74) is 0.286. The Morgan fingerprint density at radius 1 is 1.15 bits per heavy atom. The van der Waals surface area contributed by atoms with E-state index in [4.69, 9.17) is 4.74 Å². The van der Waals surface area contributed by atoms with E-state index in [-0.39, 0.29) is 22.2 Å². The number of ether oxygens (including phenoxy) is 1. The number of aromatic nitrogens is 1. The van der Waals surface area contributed by atoms with Gasteiger partial charge in [-0.3, -0.25) is 10.1 Å². The summed E-state index contributed by atoms with van der Waals surface area (Å²) in [6, 6.07) is 9.28. The molecule has 0 N–H and O–H groups in total. The molecule has 8 heteroatoms. The van der Waals surface area contributed by atoms with E-state index in [0.29, 0.717) is 11.1 Å². The SMILES string of the molecule is COc1cc([N+](=O)[O-])c2nc(C(F)(F)F)cc(C)c2c1-c1cccc(C)c1. The molecule has 3 rings (SSSR count). The van der Waals surface area contributed by atoms with E-state index in [1.54, 1.807) is 12.1 Å². The molecule has 0 amide bonds. The van der Waals surface area contributed by atoms with Gasteiger partial charge in [-0.2, -0.15) is 13.2 Å². The van der Waals surface area contributed by atoms with Crippen molar-refractivity contribution in [3.05, 3.63) is 63.3 Å². The fraction of sp³-hybridized carbons (Fsp3) is 0.211. The lowest BCUT2D eigenvalue weighted by atomic mass is 9.94. The van der Waals surface area contributed by atoms with Gasteiger partial charge in [-0.25, -0.2) is 4.98 Å². The van der Waals surface area contributed by atoms with Crippen LogP contribution in [-0.2, 0) is 6.18 Å². The zero-order chi connectivity index (χ0) is 19.9. The summed E-state index contributed by atoms with van der Waals surface area (Å²) in [5, 5.41) is 11.7. The number of methoxy groups -OCH3 is 1. The van der Waals surface area contributed by atoms with Crippen LogP contribution in [0.5, 0.6) is 5.75 Å². The van der Waals surface area contributed by atoms with Gasteiger partial charge in [-0.15, -0.1) is 0 Å². The fourth-order valence-electron chi connectivity index (χ4n) is 3.09. The number of alkyl halides is 3. The number of fused-ring (bicyclic) bond motifs is 1. The standard InChI is InChI=1S/C19H15F3N2O3/c1-10-5-4-6-12(7-10)17-14(27-3)9-13(24(25)26)18-16(17)11(2)8-15(23-18)19(20,21)22/h4-9H,1-3H3. The van der Waals surface area contributed by atoms with E-state index in [0.717, 1.165) is 17.7 Å². The molecule has 0 unspecified atom stereocenters. The van der Waals surface area contributed by atoms with Crippen LogP contribution in [0, 0.1) is 24.0 Å². The van der Waals surface area contributed by atoms with Crippen molar-refractivity contribution in [3.63, 3.8) is 0 Å². The lowest BCUT2D eigenvalue weighted by Gasteiger charge is -2.16. The molecule has 0 atom stereocenters. The average molecular weight is 376 g/mol. The van der Waals surface area contributed by atoms with Gasteiger partial charge in [-0.05, 0) is 31.0 Å². The van der Waals surface area contributed by atoms with E-state index in [2.05, 4.69) is 4.98 Å². The molecule has 5 nitrogen and oxygen atoms in total. The van der Waals surface area contributed by atoms with Crippen LogP contribution >= 0.6 is 0 Å². The Bertz CT molecular complexity index is 1060. The third-order valence-electron chi connectivity index (χ3n) is 4.24. The molecule has 0 radical (unpaired) electrons. The Hall–Kier alpha value is -3.16. The first-order chi connectivity index (χ1) is 12.6. The molecule has 0 spiro atoms. The molecule has 0 aliphatic heterocycles. The van der Waals surface area contributed by atoms with Crippen LogP contribution in [-0.4, -0.2) is 17.0 Å². The molecular weight excluding hydrogens is 361 g/mol. The summed E-state index contributed by atoms with van der Waals surface area (Å²) < 4.78 is 44.9. The number of nitrogens with zero attached hydrogens (tertiary/aromatic N) is 2. The number of benzene rings is 2. The smallest absolute Gasteiger partial charge is 0.433 e. The maximum absolute atomic E-state index is 13.2. The highest BCUT2D eigenvalue weighted by Crippen LogP contribution is 2.44. The third-order valence-corrected chi connectivity index (χ3v) is 4.24. The molecule has 140 valence electrons. The van der Waals surface area contributed by atoms with Crippen LogP contribution in [0.25, 0.3) is 22.0 Å². The number of hydrogen-bond acceptors (Lipinski definition) is 4. The van der Waals surface area contributed by atoms with Crippen molar-refractivity contribution in [2.24, 2.45) is 0 Å². The fourth-order valence-corrected chi connectivity index (χ4v) is 3.09. The number of hydrogen-bond donors (Lipinski definition) is 0. The number of halogens is 3. The zero-order valence-corrected chi connectivity index (χ0v) is 14.7. The molecule has 3 aromatic rings.